The van der Waals surface area contributed by atoms with E-state index in [0.717, 1.165) is 42.6 Å². The summed E-state index contributed by atoms with van der Waals surface area (Å²) < 4.78 is 7.59. The van der Waals surface area contributed by atoms with Crippen molar-refractivity contribution in [3.8, 4) is 17.2 Å². The Bertz CT molecular complexity index is 1290. The summed E-state index contributed by atoms with van der Waals surface area (Å²) in [5.74, 6) is 0.872. The largest absolute Gasteiger partial charge is 0.444 e. The van der Waals surface area contributed by atoms with Crippen molar-refractivity contribution in [1.82, 2.24) is 14.5 Å². The predicted octanol–water partition coefficient (Wildman–Crippen LogP) is 5.49. The molecule has 37 heavy (non-hydrogen) atoms. The van der Waals surface area contributed by atoms with E-state index in [1.165, 1.54) is 0 Å². The fraction of sp³-hybridized carbons (Fsp3) is 0.571. The van der Waals surface area contributed by atoms with E-state index in [1.807, 2.05) is 32.9 Å². The fourth-order valence-corrected chi connectivity index (χ4v) is 6.36. The van der Waals surface area contributed by atoms with Crippen LogP contribution in [0.5, 0.6) is 0 Å². The SMILES string of the molecule is CC1(C)Cc2c(-c3cc(NC(=O)C4C[C@@H]5CN(C(=O)OC(C)(C)C)C[C@@H]5C4)ncc3Cl)cc(C#N)n2C1. The smallest absolute Gasteiger partial charge is 0.410 e. The molecule has 1 aliphatic carbocycles. The first kappa shape index (κ1) is 25.6. The highest BCUT2D eigenvalue weighted by Crippen LogP contribution is 2.44. The number of nitrogens with one attached hydrogen (secondary N) is 1. The Hall–Kier alpha value is -3.05. The molecular formula is C28H34ClN5O3. The van der Waals surface area contributed by atoms with Crippen molar-refractivity contribution in [3.05, 3.63) is 34.7 Å². The molecule has 3 atom stereocenters. The van der Waals surface area contributed by atoms with Gasteiger partial charge in [-0.05, 0) is 69.4 Å². The minimum Gasteiger partial charge on any atom is -0.444 e. The van der Waals surface area contributed by atoms with Gasteiger partial charge in [-0.1, -0.05) is 25.4 Å². The molecule has 1 N–H and O–H groups in total. The summed E-state index contributed by atoms with van der Waals surface area (Å²) in [6, 6.07) is 5.99. The van der Waals surface area contributed by atoms with Crippen LogP contribution in [0.15, 0.2) is 18.3 Å². The van der Waals surface area contributed by atoms with E-state index in [0.29, 0.717) is 41.5 Å². The molecule has 2 amide bonds. The van der Waals surface area contributed by atoms with Gasteiger partial charge < -0.3 is 19.5 Å². The van der Waals surface area contributed by atoms with Gasteiger partial charge in [-0.25, -0.2) is 9.78 Å². The lowest BCUT2D eigenvalue weighted by molar-refractivity contribution is -0.119. The zero-order valence-corrected chi connectivity index (χ0v) is 22.9. The molecule has 4 heterocycles. The number of carbonyl (C=O) groups is 2. The van der Waals surface area contributed by atoms with E-state index in [1.54, 1.807) is 11.1 Å². The summed E-state index contributed by atoms with van der Waals surface area (Å²) in [5.41, 5.74) is 2.94. The van der Waals surface area contributed by atoms with Gasteiger partial charge in [0.1, 0.15) is 23.2 Å². The van der Waals surface area contributed by atoms with Gasteiger partial charge in [0, 0.05) is 48.6 Å². The van der Waals surface area contributed by atoms with E-state index in [2.05, 4.69) is 34.8 Å². The number of likely N-dealkylation sites (tertiary alicyclic amines) is 1. The first-order valence-electron chi connectivity index (χ1n) is 12.9. The minimum absolute atomic E-state index is 0.0556. The highest BCUT2D eigenvalue weighted by molar-refractivity contribution is 6.33. The highest BCUT2D eigenvalue weighted by Gasteiger charge is 2.45. The molecule has 9 heteroatoms. The Kier molecular flexibility index (Phi) is 6.26. The van der Waals surface area contributed by atoms with Crippen LogP contribution in [0.4, 0.5) is 10.6 Å². The average Bonchev–Trinajstić information content (AvgIpc) is 3.51. The second-order valence-corrected chi connectivity index (χ2v) is 12.9. The Morgan fingerprint density at radius 1 is 1.19 bits per heavy atom. The van der Waals surface area contributed by atoms with Gasteiger partial charge in [-0.15, -0.1) is 0 Å². The van der Waals surface area contributed by atoms with Crippen LogP contribution in [-0.2, 0) is 22.5 Å². The van der Waals surface area contributed by atoms with Crippen LogP contribution in [-0.4, -0.2) is 45.1 Å². The monoisotopic (exact) mass is 523 g/mol. The fourth-order valence-electron chi connectivity index (χ4n) is 6.15. The summed E-state index contributed by atoms with van der Waals surface area (Å²) in [5, 5.41) is 13.1. The molecule has 0 radical (unpaired) electrons. The maximum atomic E-state index is 13.2. The van der Waals surface area contributed by atoms with Gasteiger partial charge >= 0.3 is 6.09 Å². The highest BCUT2D eigenvalue weighted by atomic mass is 35.5. The zero-order valence-electron chi connectivity index (χ0n) is 22.1. The maximum absolute atomic E-state index is 13.2. The van der Waals surface area contributed by atoms with Gasteiger partial charge in [0.05, 0.1) is 5.02 Å². The van der Waals surface area contributed by atoms with Crippen LogP contribution in [0.25, 0.3) is 11.1 Å². The lowest BCUT2D eigenvalue weighted by atomic mass is 9.89. The topological polar surface area (TPSA) is 100 Å². The van der Waals surface area contributed by atoms with Gasteiger partial charge in [-0.2, -0.15) is 5.26 Å². The summed E-state index contributed by atoms with van der Waals surface area (Å²) in [6.45, 7) is 12.0. The second-order valence-electron chi connectivity index (χ2n) is 12.5. The second kappa shape index (κ2) is 9.05. The van der Waals surface area contributed by atoms with E-state index in [4.69, 9.17) is 16.3 Å². The summed E-state index contributed by atoms with van der Waals surface area (Å²) in [4.78, 5) is 31.7. The van der Waals surface area contributed by atoms with Crippen molar-refractivity contribution in [2.24, 2.45) is 23.2 Å². The van der Waals surface area contributed by atoms with Crippen LogP contribution < -0.4 is 5.32 Å². The van der Waals surface area contributed by atoms with Crippen molar-refractivity contribution in [2.45, 2.75) is 66.0 Å². The van der Waals surface area contributed by atoms with Gasteiger partial charge in [-0.3, -0.25) is 4.79 Å². The lowest BCUT2D eigenvalue weighted by Crippen LogP contribution is -2.36. The molecule has 0 spiro atoms. The molecule has 3 aliphatic rings. The van der Waals surface area contributed by atoms with Crippen molar-refractivity contribution in [3.63, 3.8) is 0 Å². The third kappa shape index (κ3) is 5.06. The Morgan fingerprint density at radius 3 is 2.49 bits per heavy atom. The number of amides is 2. The van der Waals surface area contributed by atoms with Gasteiger partial charge in [0.2, 0.25) is 5.91 Å². The Labute approximate surface area is 222 Å². The minimum atomic E-state index is -0.519. The molecule has 1 unspecified atom stereocenters. The molecule has 8 nitrogen and oxygen atoms in total. The summed E-state index contributed by atoms with van der Waals surface area (Å²) >= 11 is 6.55. The quantitative estimate of drug-likeness (QED) is 0.573. The van der Waals surface area contributed by atoms with E-state index in [9.17, 15) is 14.9 Å². The summed E-state index contributed by atoms with van der Waals surface area (Å²) in [6.07, 6.45) is 3.61. The molecule has 5 rings (SSSR count). The summed E-state index contributed by atoms with van der Waals surface area (Å²) in [7, 11) is 0. The van der Waals surface area contributed by atoms with Crippen LogP contribution in [0.2, 0.25) is 5.02 Å². The third-order valence-corrected chi connectivity index (χ3v) is 8.03. The Morgan fingerprint density at radius 2 is 1.86 bits per heavy atom. The molecule has 2 aromatic heterocycles. The molecule has 2 aliphatic heterocycles. The number of halogens is 1. The van der Waals surface area contributed by atoms with Crippen LogP contribution in [0.1, 0.15) is 58.8 Å². The van der Waals surface area contributed by atoms with Crippen molar-refractivity contribution in [2.75, 3.05) is 18.4 Å². The number of aromatic nitrogens is 2. The normalized spacial score (nSPS) is 23.9. The molecule has 0 bridgehead atoms. The number of nitriles is 1. The number of carbonyl (C=O) groups excluding carboxylic acids is 2. The third-order valence-electron chi connectivity index (χ3n) is 7.73. The Balaban J connectivity index is 1.27. The van der Waals surface area contributed by atoms with E-state index < -0.39 is 5.60 Å². The molecule has 2 aromatic rings. The first-order valence-corrected chi connectivity index (χ1v) is 13.3. The standard InChI is InChI=1S/C28H34ClN5O3/c1-27(2,3)37-26(36)33-13-17-6-16(7-18(17)14-33)25(35)32-24-9-20(22(29)12-31-24)21-8-19(11-30)34-15-28(4,5)10-23(21)34/h8-9,12,16-18H,6-7,10,13-15H2,1-5H3,(H,31,32,35)/t16?,17-,18+. The predicted molar refractivity (Wildman–Crippen MR) is 141 cm³/mol. The molecular weight excluding hydrogens is 490 g/mol. The lowest BCUT2D eigenvalue weighted by Gasteiger charge is -2.25. The van der Waals surface area contributed by atoms with Gasteiger partial charge in [0.25, 0.3) is 0 Å². The van der Waals surface area contributed by atoms with Crippen molar-refractivity contribution < 1.29 is 14.3 Å². The van der Waals surface area contributed by atoms with Crippen molar-refractivity contribution >= 4 is 29.4 Å². The van der Waals surface area contributed by atoms with E-state index >= 15 is 0 Å². The van der Waals surface area contributed by atoms with Crippen LogP contribution in [0.3, 0.4) is 0 Å². The number of hydrogen-bond donors (Lipinski definition) is 1. The maximum Gasteiger partial charge on any atom is 0.410 e. The number of pyridine rings is 1. The average molecular weight is 524 g/mol. The molecule has 2 fully saturated rings. The number of rotatable bonds is 3. The number of hydrogen-bond acceptors (Lipinski definition) is 5. The molecule has 0 aromatic carbocycles. The van der Waals surface area contributed by atoms with Crippen LogP contribution in [0, 0.1) is 34.5 Å². The van der Waals surface area contributed by atoms with Crippen LogP contribution >= 0.6 is 11.6 Å². The number of nitrogens with zero attached hydrogens (tertiary/aromatic N) is 4. The number of fused-ring (bicyclic) bond motifs is 2. The molecule has 1 saturated heterocycles. The zero-order chi connectivity index (χ0) is 26.7. The molecule has 1 saturated carbocycles. The number of ether oxygens (including phenoxy) is 1. The van der Waals surface area contributed by atoms with Crippen molar-refractivity contribution in [1.29, 1.82) is 5.26 Å². The molecule has 196 valence electrons. The van der Waals surface area contributed by atoms with Gasteiger partial charge in [0.15, 0.2) is 0 Å². The first-order chi connectivity index (χ1) is 17.3. The number of anilines is 1. The van der Waals surface area contributed by atoms with E-state index in [-0.39, 0.29) is 23.3 Å².